The van der Waals surface area contributed by atoms with Crippen molar-refractivity contribution in [2.24, 2.45) is 5.10 Å². The first-order valence-corrected chi connectivity index (χ1v) is 9.79. The van der Waals surface area contributed by atoms with Crippen LogP contribution in [0, 0.1) is 0 Å². The molecule has 0 saturated carbocycles. The zero-order valence-corrected chi connectivity index (χ0v) is 17.3. The van der Waals surface area contributed by atoms with E-state index in [1.165, 1.54) is 0 Å². The maximum absolute atomic E-state index is 11.9. The lowest BCUT2D eigenvalue weighted by Crippen LogP contribution is -2.19. The Hall–Kier alpha value is -2.63. The third-order valence-electron chi connectivity index (χ3n) is 3.88. The molecule has 0 unspecified atom stereocenters. The van der Waals surface area contributed by atoms with Crippen LogP contribution in [0.25, 0.3) is 0 Å². The summed E-state index contributed by atoms with van der Waals surface area (Å²) in [6.07, 6.45) is 1.88. The van der Waals surface area contributed by atoms with E-state index in [1.54, 1.807) is 6.21 Å². The molecule has 0 aliphatic carbocycles. The molecular formula is C22H18BrClN2O2. The number of nitrogens with zero attached hydrogens (tertiary/aromatic N) is 1. The fourth-order valence-electron chi connectivity index (χ4n) is 2.40. The first-order valence-electron chi connectivity index (χ1n) is 8.62. The second-order valence-electron chi connectivity index (χ2n) is 6.08. The molecule has 0 spiro atoms. The van der Waals surface area contributed by atoms with Crippen LogP contribution in [0.1, 0.15) is 16.7 Å². The zero-order valence-electron chi connectivity index (χ0n) is 14.9. The summed E-state index contributed by atoms with van der Waals surface area (Å²) in [5.74, 6) is 0.591. The summed E-state index contributed by atoms with van der Waals surface area (Å²) < 4.78 is 6.73. The maximum Gasteiger partial charge on any atom is 0.244 e. The molecule has 6 heteroatoms. The van der Waals surface area contributed by atoms with E-state index < -0.39 is 0 Å². The van der Waals surface area contributed by atoms with Crippen LogP contribution < -0.4 is 10.2 Å². The number of carbonyl (C=O) groups is 1. The van der Waals surface area contributed by atoms with Crippen LogP contribution in [0.15, 0.2) is 82.4 Å². The van der Waals surface area contributed by atoms with Crippen LogP contribution in [0.5, 0.6) is 5.75 Å². The van der Waals surface area contributed by atoms with Gasteiger partial charge in [0.2, 0.25) is 5.91 Å². The summed E-state index contributed by atoms with van der Waals surface area (Å²) in [6.45, 7) is 0.469. The van der Waals surface area contributed by atoms with Gasteiger partial charge >= 0.3 is 0 Å². The minimum Gasteiger partial charge on any atom is -0.489 e. The molecule has 3 aromatic rings. The summed E-state index contributed by atoms with van der Waals surface area (Å²) in [7, 11) is 0. The Balaban J connectivity index is 1.45. The van der Waals surface area contributed by atoms with Crippen LogP contribution >= 0.6 is 27.5 Å². The van der Waals surface area contributed by atoms with Gasteiger partial charge < -0.3 is 4.74 Å². The number of carbonyl (C=O) groups excluding carboxylic acids is 1. The molecule has 1 N–H and O–H groups in total. The lowest BCUT2D eigenvalue weighted by molar-refractivity contribution is -0.120. The van der Waals surface area contributed by atoms with E-state index in [0.717, 1.165) is 26.9 Å². The molecule has 0 bridgehead atoms. The van der Waals surface area contributed by atoms with Crippen molar-refractivity contribution in [1.29, 1.82) is 0 Å². The highest BCUT2D eigenvalue weighted by molar-refractivity contribution is 9.10. The Bertz CT molecular complexity index is 940. The monoisotopic (exact) mass is 456 g/mol. The van der Waals surface area contributed by atoms with Crippen molar-refractivity contribution in [2.75, 3.05) is 0 Å². The zero-order chi connectivity index (χ0) is 19.8. The predicted octanol–water partition coefficient (Wildman–Crippen LogP) is 5.37. The van der Waals surface area contributed by atoms with E-state index in [1.807, 2.05) is 72.8 Å². The topological polar surface area (TPSA) is 50.7 Å². The highest BCUT2D eigenvalue weighted by Crippen LogP contribution is 2.15. The standard InChI is InChI=1S/C22H18BrClN2O2/c23-19-7-1-16(2-8-19)13-22(27)26-25-14-17-5-11-21(12-6-17)28-15-18-3-9-20(24)10-4-18/h1-12,14H,13,15H2,(H,26,27)/b25-14+. The molecular weight excluding hydrogens is 440 g/mol. The second-order valence-corrected chi connectivity index (χ2v) is 7.43. The molecule has 4 nitrogen and oxygen atoms in total. The maximum atomic E-state index is 11.9. The molecule has 1 amide bonds. The molecule has 0 fully saturated rings. The normalized spacial score (nSPS) is 10.8. The number of hydrogen-bond donors (Lipinski definition) is 1. The lowest BCUT2D eigenvalue weighted by atomic mass is 10.1. The van der Waals surface area contributed by atoms with E-state index in [2.05, 4.69) is 26.5 Å². The number of halogens is 2. The van der Waals surface area contributed by atoms with Gasteiger partial charge in [-0.1, -0.05) is 51.8 Å². The first-order chi connectivity index (χ1) is 13.6. The highest BCUT2D eigenvalue weighted by Gasteiger charge is 2.02. The van der Waals surface area contributed by atoms with Gasteiger partial charge in [-0.3, -0.25) is 4.79 Å². The summed E-state index contributed by atoms with van der Waals surface area (Å²) in [4.78, 5) is 11.9. The van der Waals surface area contributed by atoms with Gasteiger partial charge in [-0.15, -0.1) is 0 Å². The minimum absolute atomic E-state index is 0.165. The van der Waals surface area contributed by atoms with Crippen molar-refractivity contribution in [3.63, 3.8) is 0 Å². The quantitative estimate of drug-likeness (QED) is 0.383. The van der Waals surface area contributed by atoms with Crippen molar-refractivity contribution < 1.29 is 9.53 Å². The molecule has 0 atom stereocenters. The van der Waals surface area contributed by atoms with Gasteiger partial charge in [-0.25, -0.2) is 5.43 Å². The van der Waals surface area contributed by atoms with Crippen molar-refractivity contribution in [1.82, 2.24) is 5.43 Å². The van der Waals surface area contributed by atoms with Crippen LogP contribution in [0.3, 0.4) is 0 Å². The fourth-order valence-corrected chi connectivity index (χ4v) is 2.79. The summed E-state index contributed by atoms with van der Waals surface area (Å²) in [5, 5.41) is 4.70. The number of benzene rings is 3. The van der Waals surface area contributed by atoms with Crippen LogP contribution in [-0.4, -0.2) is 12.1 Å². The van der Waals surface area contributed by atoms with E-state index in [4.69, 9.17) is 16.3 Å². The van der Waals surface area contributed by atoms with Gasteiger partial charge in [0, 0.05) is 9.50 Å². The smallest absolute Gasteiger partial charge is 0.244 e. The molecule has 0 radical (unpaired) electrons. The van der Waals surface area contributed by atoms with Gasteiger partial charge in [0.05, 0.1) is 12.6 Å². The third kappa shape index (κ3) is 6.51. The summed E-state index contributed by atoms with van der Waals surface area (Å²) in [5.41, 5.74) is 5.37. The Morgan fingerprint density at radius 2 is 1.61 bits per heavy atom. The number of hydrogen-bond acceptors (Lipinski definition) is 3. The van der Waals surface area contributed by atoms with Crippen molar-refractivity contribution >= 4 is 39.7 Å². The van der Waals surface area contributed by atoms with Crippen LogP contribution in [0.2, 0.25) is 5.02 Å². The third-order valence-corrected chi connectivity index (χ3v) is 4.66. The van der Waals surface area contributed by atoms with E-state index in [9.17, 15) is 4.79 Å². The average molecular weight is 458 g/mol. The Morgan fingerprint density at radius 1 is 0.964 bits per heavy atom. The van der Waals surface area contributed by atoms with E-state index >= 15 is 0 Å². The van der Waals surface area contributed by atoms with Crippen molar-refractivity contribution in [3.05, 3.63) is 99.0 Å². The summed E-state index contributed by atoms with van der Waals surface area (Å²) in [6, 6.07) is 22.6. The number of nitrogens with one attached hydrogen (secondary N) is 1. The first kappa shape index (κ1) is 20.1. The van der Waals surface area contributed by atoms with Crippen molar-refractivity contribution in [2.45, 2.75) is 13.0 Å². The average Bonchev–Trinajstić information content (AvgIpc) is 2.70. The SMILES string of the molecule is O=C(Cc1ccc(Br)cc1)N/N=C/c1ccc(OCc2ccc(Cl)cc2)cc1. The van der Waals surface area contributed by atoms with Crippen molar-refractivity contribution in [3.8, 4) is 5.75 Å². The Kier molecular flexibility index (Phi) is 7.23. The largest absolute Gasteiger partial charge is 0.489 e. The molecule has 3 rings (SSSR count). The van der Waals surface area contributed by atoms with Gasteiger partial charge in [0.15, 0.2) is 0 Å². The van der Waals surface area contributed by atoms with Gasteiger partial charge in [-0.05, 0) is 65.2 Å². The number of rotatable bonds is 7. The molecule has 0 saturated heterocycles. The molecule has 3 aromatic carbocycles. The van der Waals surface area contributed by atoms with Crippen LogP contribution in [-0.2, 0) is 17.8 Å². The lowest BCUT2D eigenvalue weighted by Gasteiger charge is -2.06. The molecule has 0 heterocycles. The molecule has 0 aliphatic heterocycles. The fraction of sp³-hybridized carbons (Fsp3) is 0.0909. The van der Waals surface area contributed by atoms with E-state index in [0.29, 0.717) is 11.6 Å². The molecule has 0 aliphatic rings. The predicted molar refractivity (Wildman–Crippen MR) is 116 cm³/mol. The Morgan fingerprint density at radius 3 is 2.29 bits per heavy atom. The van der Waals surface area contributed by atoms with Gasteiger partial charge in [0.25, 0.3) is 0 Å². The number of ether oxygens (including phenoxy) is 1. The summed E-state index contributed by atoms with van der Waals surface area (Å²) >= 11 is 9.24. The minimum atomic E-state index is -0.165. The molecule has 0 aromatic heterocycles. The van der Waals surface area contributed by atoms with Crippen LogP contribution in [0.4, 0.5) is 0 Å². The highest BCUT2D eigenvalue weighted by atomic mass is 79.9. The second kappa shape index (κ2) is 10.1. The molecule has 28 heavy (non-hydrogen) atoms. The molecule has 142 valence electrons. The van der Waals surface area contributed by atoms with Gasteiger partial charge in [0.1, 0.15) is 12.4 Å². The van der Waals surface area contributed by atoms with Gasteiger partial charge in [-0.2, -0.15) is 5.10 Å². The van der Waals surface area contributed by atoms with E-state index in [-0.39, 0.29) is 12.3 Å². The Labute approximate surface area is 177 Å². The number of hydrazone groups is 1. The number of amides is 1.